The van der Waals surface area contributed by atoms with Crippen LogP contribution in [0.4, 0.5) is 0 Å². The third-order valence-corrected chi connectivity index (χ3v) is 6.12. The number of hydrogen-bond acceptors (Lipinski definition) is 4. The zero-order valence-corrected chi connectivity index (χ0v) is 13.0. The Morgan fingerprint density at radius 2 is 2.26 bits per heavy atom. The molecule has 3 atom stereocenters. The van der Waals surface area contributed by atoms with Crippen molar-refractivity contribution < 1.29 is 4.79 Å². The second-order valence-electron chi connectivity index (χ2n) is 5.36. The van der Waals surface area contributed by atoms with Gasteiger partial charge in [0, 0.05) is 21.5 Å². The van der Waals surface area contributed by atoms with Crippen LogP contribution in [0.25, 0.3) is 0 Å². The number of nitrogens with zero attached hydrogens (tertiary/aromatic N) is 1. The summed E-state index contributed by atoms with van der Waals surface area (Å²) in [5, 5.41) is 3.46. The van der Waals surface area contributed by atoms with Gasteiger partial charge in [0.2, 0.25) is 5.91 Å². The Kier molecular flexibility index (Phi) is 3.87. The highest BCUT2D eigenvalue weighted by molar-refractivity contribution is 7.99. The molecule has 0 spiro atoms. The summed E-state index contributed by atoms with van der Waals surface area (Å²) >= 11 is 3.77. The predicted molar refractivity (Wildman–Crippen MR) is 81.6 cm³/mol. The molecule has 1 amide bonds. The van der Waals surface area contributed by atoms with Crippen LogP contribution in [0, 0.1) is 6.92 Å². The Balaban J connectivity index is 1.86. The van der Waals surface area contributed by atoms with Crippen molar-refractivity contribution in [2.24, 2.45) is 0 Å². The fourth-order valence-corrected chi connectivity index (χ4v) is 4.97. The maximum Gasteiger partial charge on any atom is 0.241 e. The first-order valence-corrected chi connectivity index (χ1v) is 8.86. The third kappa shape index (κ3) is 2.56. The van der Waals surface area contributed by atoms with E-state index in [2.05, 4.69) is 29.3 Å². The largest absolute Gasteiger partial charge is 0.317 e. The molecule has 1 aromatic rings. The molecule has 104 valence electrons. The number of thiophene rings is 1. The molecule has 3 heterocycles. The Labute approximate surface area is 122 Å². The molecule has 3 unspecified atom stereocenters. The van der Waals surface area contributed by atoms with Crippen LogP contribution >= 0.6 is 23.1 Å². The van der Waals surface area contributed by atoms with Gasteiger partial charge < -0.3 is 4.90 Å². The van der Waals surface area contributed by atoms with Crippen molar-refractivity contribution in [3.63, 3.8) is 0 Å². The van der Waals surface area contributed by atoms with Crippen LogP contribution in [0.1, 0.15) is 35.7 Å². The molecular formula is C14H20N2OS2. The van der Waals surface area contributed by atoms with Gasteiger partial charge in [-0.05, 0) is 44.6 Å². The molecule has 2 fully saturated rings. The summed E-state index contributed by atoms with van der Waals surface area (Å²) < 4.78 is 0. The highest BCUT2D eigenvalue weighted by Crippen LogP contribution is 2.35. The van der Waals surface area contributed by atoms with Gasteiger partial charge >= 0.3 is 0 Å². The second kappa shape index (κ2) is 5.46. The fraction of sp³-hybridized carbons (Fsp3) is 0.643. The molecule has 2 aliphatic heterocycles. The van der Waals surface area contributed by atoms with Crippen molar-refractivity contribution in [1.29, 1.82) is 0 Å². The van der Waals surface area contributed by atoms with Gasteiger partial charge in [-0.25, -0.2) is 0 Å². The highest BCUT2D eigenvalue weighted by atomic mass is 32.2. The van der Waals surface area contributed by atoms with E-state index in [1.54, 1.807) is 11.3 Å². The monoisotopic (exact) mass is 296 g/mol. The van der Waals surface area contributed by atoms with E-state index in [4.69, 9.17) is 0 Å². The molecule has 5 heteroatoms. The molecule has 3 nitrogen and oxygen atoms in total. The van der Waals surface area contributed by atoms with E-state index in [1.165, 1.54) is 21.9 Å². The number of aryl methyl sites for hydroxylation is 1. The second-order valence-corrected chi connectivity index (χ2v) is 7.83. The van der Waals surface area contributed by atoms with Crippen LogP contribution < -0.4 is 5.32 Å². The van der Waals surface area contributed by atoms with Crippen molar-refractivity contribution in [1.82, 2.24) is 10.2 Å². The summed E-state index contributed by atoms with van der Waals surface area (Å²) in [5.74, 6) is 2.59. The molecule has 0 aliphatic carbocycles. The molecule has 19 heavy (non-hydrogen) atoms. The maximum absolute atomic E-state index is 12.5. The van der Waals surface area contributed by atoms with Gasteiger partial charge in [-0.2, -0.15) is 11.8 Å². The number of carbonyl (C=O) groups excluding carboxylic acids is 1. The molecule has 0 saturated carbocycles. The van der Waals surface area contributed by atoms with Gasteiger partial charge in [-0.1, -0.05) is 0 Å². The van der Waals surface area contributed by atoms with Gasteiger partial charge in [-0.3, -0.25) is 10.1 Å². The summed E-state index contributed by atoms with van der Waals surface area (Å²) in [5.41, 5.74) is 0. The predicted octanol–water partition coefficient (Wildman–Crippen LogP) is 2.77. The lowest BCUT2D eigenvalue weighted by Crippen LogP contribution is -2.42. The maximum atomic E-state index is 12.5. The molecule has 2 saturated heterocycles. The first-order valence-electron chi connectivity index (χ1n) is 6.89. The van der Waals surface area contributed by atoms with Gasteiger partial charge in [-0.15, -0.1) is 11.3 Å². The van der Waals surface area contributed by atoms with Gasteiger partial charge in [0.05, 0.1) is 6.04 Å². The molecule has 3 rings (SSSR count). The number of nitrogens with one attached hydrogen (secondary N) is 1. The molecular weight excluding hydrogens is 276 g/mol. The molecule has 1 aromatic heterocycles. The van der Waals surface area contributed by atoms with Crippen LogP contribution in [-0.2, 0) is 4.79 Å². The average Bonchev–Trinajstić information content (AvgIpc) is 2.96. The van der Waals surface area contributed by atoms with E-state index in [-0.39, 0.29) is 18.1 Å². The molecule has 0 radical (unpaired) electrons. The van der Waals surface area contributed by atoms with Crippen molar-refractivity contribution >= 4 is 29.0 Å². The van der Waals surface area contributed by atoms with Crippen LogP contribution in [0.2, 0.25) is 0 Å². The van der Waals surface area contributed by atoms with Gasteiger partial charge in [0.25, 0.3) is 0 Å². The van der Waals surface area contributed by atoms with Crippen molar-refractivity contribution in [2.45, 2.75) is 44.9 Å². The van der Waals surface area contributed by atoms with E-state index in [9.17, 15) is 4.79 Å². The van der Waals surface area contributed by atoms with E-state index in [0.717, 1.165) is 12.2 Å². The standard InChI is InChI=1S/C14H20N2OS2/c1-9-5-6-12(19-9)13-15-10(2)14(17)16(13)11-4-3-7-18-8-11/h5-6,10-11,13,15H,3-4,7-8H2,1-2H3. The Morgan fingerprint density at radius 1 is 1.42 bits per heavy atom. The number of carbonyl (C=O) groups is 1. The molecule has 0 aromatic carbocycles. The first kappa shape index (κ1) is 13.5. The summed E-state index contributed by atoms with van der Waals surface area (Å²) in [7, 11) is 0. The Hall–Kier alpha value is -0.520. The number of thioether (sulfide) groups is 1. The summed E-state index contributed by atoms with van der Waals surface area (Å²) in [4.78, 5) is 17.1. The minimum atomic E-state index is -0.0562. The van der Waals surface area contributed by atoms with Crippen LogP contribution in [0.3, 0.4) is 0 Å². The molecule has 1 N–H and O–H groups in total. The van der Waals surface area contributed by atoms with Crippen molar-refractivity contribution in [3.8, 4) is 0 Å². The normalized spacial score (nSPS) is 32.0. The van der Waals surface area contributed by atoms with E-state index >= 15 is 0 Å². The Morgan fingerprint density at radius 3 is 2.89 bits per heavy atom. The smallest absolute Gasteiger partial charge is 0.241 e. The minimum Gasteiger partial charge on any atom is -0.317 e. The van der Waals surface area contributed by atoms with Crippen LogP contribution in [-0.4, -0.2) is 34.4 Å². The highest BCUT2D eigenvalue weighted by Gasteiger charge is 2.41. The van der Waals surface area contributed by atoms with E-state index < -0.39 is 0 Å². The quantitative estimate of drug-likeness (QED) is 0.911. The zero-order valence-electron chi connectivity index (χ0n) is 11.4. The van der Waals surface area contributed by atoms with Crippen molar-refractivity contribution in [2.75, 3.05) is 11.5 Å². The fourth-order valence-electron chi connectivity index (χ4n) is 2.89. The van der Waals surface area contributed by atoms with Gasteiger partial charge in [0.1, 0.15) is 6.17 Å². The molecule has 2 aliphatic rings. The topological polar surface area (TPSA) is 32.3 Å². The minimum absolute atomic E-state index is 0.0562. The van der Waals surface area contributed by atoms with E-state index in [0.29, 0.717) is 6.04 Å². The first-order chi connectivity index (χ1) is 9.16. The van der Waals surface area contributed by atoms with Gasteiger partial charge in [0.15, 0.2) is 0 Å². The van der Waals surface area contributed by atoms with Crippen molar-refractivity contribution in [3.05, 3.63) is 21.9 Å². The molecule has 0 bridgehead atoms. The lowest BCUT2D eigenvalue weighted by Gasteiger charge is -2.34. The summed E-state index contributed by atoms with van der Waals surface area (Å²) in [6.45, 7) is 4.10. The van der Waals surface area contributed by atoms with E-state index in [1.807, 2.05) is 18.7 Å². The summed E-state index contributed by atoms with van der Waals surface area (Å²) in [6, 6.07) is 4.64. The van der Waals surface area contributed by atoms with Crippen LogP contribution in [0.15, 0.2) is 12.1 Å². The number of rotatable bonds is 2. The lowest BCUT2D eigenvalue weighted by molar-refractivity contribution is -0.131. The third-order valence-electron chi connectivity index (χ3n) is 3.87. The van der Waals surface area contributed by atoms with Crippen LogP contribution in [0.5, 0.6) is 0 Å². The Bertz CT molecular complexity index is 468. The zero-order chi connectivity index (χ0) is 13.4. The SMILES string of the molecule is Cc1ccc(C2NC(C)C(=O)N2C2CCCSC2)s1. The summed E-state index contributed by atoms with van der Waals surface area (Å²) in [6.07, 6.45) is 2.46. The lowest BCUT2D eigenvalue weighted by atomic mass is 10.1. The number of hydrogen-bond donors (Lipinski definition) is 1. The number of amides is 1. The average molecular weight is 296 g/mol.